The van der Waals surface area contributed by atoms with Crippen LogP contribution in [0.4, 0.5) is 4.39 Å². The van der Waals surface area contributed by atoms with Gasteiger partial charge in [0, 0.05) is 31.2 Å². The van der Waals surface area contributed by atoms with Crippen LogP contribution in [0.25, 0.3) is 0 Å². The van der Waals surface area contributed by atoms with Crippen molar-refractivity contribution in [1.29, 1.82) is 0 Å². The number of nitrogens with zero attached hydrogens (tertiary/aromatic N) is 1. The van der Waals surface area contributed by atoms with Crippen molar-refractivity contribution in [3.8, 4) is 0 Å². The Hall–Kier alpha value is -2.30. The van der Waals surface area contributed by atoms with Crippen LogP contribution in [0.1, 0.15) is 36.5 Å². The molecule has 1 aromatic rings. The van der Waals surface area contributed by atoms with Gasteiger partial charge in [-0.25, -0.2) is 17.5 Å². The SMILES string of the molecule is C[C@@H]1[C@H]2CCN1C(=O)c1ccc(F)c(c1)S(=O)(=O)NC/C=C/CC1(CCNC1)C(=O)N2. The zero-order valence-corrected chi connectivity index (χ0v) is 18.2. The van der Waals surface area contributed by atoms with Gasteiger partial charge in [0.2, 0.25) is 15.9 Å². The third kappa shape index (κ3) is 4.11. The van der Waals surface area contributed by atoms with Crippen molar-refractivity contribution in [1.82, 2.24) is 20.3 Å². The van der Waals surface area contributed by atoms with Crippen LogP contribution in [0.3, 0.4) is 0 Å². The van der Waals surface area contributed by atoms with E-state index >= 15 is 0 Å². The smallest absolute Gasteiger partial charge is 0.254 e. The van der Waals surface area contributed by atoms with Gasteiger partial charge in [0.05, 0.1) is 11.5 Å². The van der Waals surface area contributed by atoms with Gasteiger partial charge in [-0.3, -0.25) is 9.59 Å². The minimum Gasteiger partial charge on any atom is -0.351 e. The molecule has 4 bridgehead atoms. The highest BCUT2D eigenvalue weighted by molar-refractivity contribution is 7.89. The first kappa shape index (κ1) is 21.9. The summed E-state index contributed by atoms with van der Waals surface area (Å²) in [5.74, 6) is -1.35. The normalized spacial score (nSPS) is 32.3. The zero-order valence-electron chi connectivity index (χ0n) is 17.4. The fourth-order valence-electron chi connectivity index (χ4n) is 4.58. The lowest BCUT2D eigenvalue weighted by Gasteiger charge is -2.30. The van der Waals surface area contributed by atoms with Gasteiger partial charge in [0.25, 0.3) is 5.91 Å². The van der Waals surface area contributed by atoms with Crippen LogP contribution in [-0.4, -0.2) is 63.4 Å². The molecule has 1 aromatic carbocycles. The van der Waals surface area contributed by atoms with Crippen LogP contribution in [0.5, 0.6) is 0 Å². The summed E-state index contributed by atoms with van der Waals surface area (Å²) in [5, 5.41) is 6.38. The Kier molecular flexibility index (Phi) is 5.89. The largest absolute Gasteiger partial charge is 0.351 e. The van der Waals surface area contributed by atoms with Crippen molar-refractivity contribution in [2.45, 2.75) is 43.2 Å². The van der Waals surface area contributed by atoms with E-state index in [1.54, 1.807) is 17.1 Å². The monoisotopic (exact) mass is 450 g/mol. The lowest BCUT2D eigenvalue weighted by atomic mass is 9.82. The molecule has 0 aliphatic carbocycles. The Morgan fingerprint density at radius 2 is 2.03 bits per heavy atom. The second-order valence-corrected chi connectivity index (χ2v) is 10.2. The number of hydrogen-bond donors (Lipinski definition) is 3. The van der Waals surface area contributed by atoms with Crippen LogP contribution in [0, 0.1) is 11.2 Å². The third-order valence-electron chi connectivity index (χ3n) is 6.59. The first-order valence-corrected chi connectivity index (χ1v) is 12.0. The van der Waals surface area contributed by atoms with Gasteiger partial charge < -0.3 is 15.5 Å². The molecule has 0 saturated carbocycles. The topological polar surface area (TPSA) is 108 Å². The molecule has 3 aliphatic rings. The lowest BCUT2D eigenvalue weighted by Crippen LogP contribution is -2.50. The van der Waals surface area contributed by atoms with Gasteiger partial charge in [-0.05, 0) is 50.9 Å². The maximum absolute atomic E-state index is 14.3. The fraction of sp³-hybridized carbons (Fsp3) is 0.524. The second kappa shape index (κ2) is 8.33. The van der Waals surface area contributed by atoms with Gasteiger partial charge >= 0.3 is 0 Å². The van der Waals surface area contributed by atoms with Gasteiger partial charge in [-0.2, -0.15) is 0 Å². The predicted molar refractivity (Wildman–Crippen MR) is 112 cm³/mol. The van der Waals surface area contributed by atoms with E-state index in [1.165, 1.54) is 6.07 Å². The number of nitrogens with one attached hydrogen (secondary N) is 3. The van der Waals surface area contributed by atoms with Crippen LogP contribution in [0.15, 0.2) is 35.2 Å². The second-order valence-electron chi connectivity index (χ2n) is 8.49. The summed E-state index contributed by atoms with van der Waals surface area (Å²) in [6.07, 6.45) is 5.16. The molecule has 10 heteroatoms. The van der Waals surface area contributed by atoms with Gasteiger partial charge in [0.1, 0.15) is 10.7 Å². The zero-order chi connectivity index (χ0) is 22.2. The third-order valence-corrected chi connectivity index (χ3v) is 8.03. The van der Waals surface area contributed by atoms with Gasteiger partial charge in [-0.1, -0.05) is 12.2 Å². The molecule has 0 radical (unpaired) electrons. The number of fused-ring (bicyclic) bond motifs is 4. The van der Waals surface area contributed by atoms with E-state index in [-0.39, 0.29) is 36.0 Å². The Labute approximate surface area is 181 Å². The Morgan fingerprint density at radius 1 is 1.23 bits per heavy atom. The molecule has 1 spiro atoms. The van der Waals surface area contributed by atoms with Crippen molar-refractivity contribution in [2.24, 2.45) is 5.41 Å². The van der Waals surface area contributed by atoms with E-state index in [1.807, 2.05) is 6.92 Å². The minimum atomic E-state index is -4.14. The highest BCUT2D eigenvalue weighted by Crippen LogP contribution is 2.32. The molecule has 3 aliphatic heterocycles. The van der Waals surface area contributed by atoms with E-state index in [0.717, 1.165) is 18.7 Å². The van der Waals surface area contributed by atoms with E-state index in [0.29, 0.717) is 32.4 Å². The number of sulfonamides is 1. The first-order chi connectivity index (χ1) is 14.7. The Bertz CT molecular complexity index is 1020. The number of carbonyl (C=O) groups is 2. The van der Waals surface area contributed by atoms with Crippen molar-refractivity contribution in [3.05, 3.63) is 41.7 Å². The summed E-state index contributed by atoms with van der Waals surface area (Å²) in [4.78, 5) is 27.3. The van der Waals surface area contributed by atoms with E-state index in [2.05, 4.69) is 15.4 Å². The average Bonchev–Trinajstić information content (AvgIpc) is 3.35. The summed E-state index contributed by atoms with van der Waals surface area (Å²) in [5.41, 5.74) is -0.514. The minimum absolute atomic E-state index is 0.0448. The van der Waals surface area contributed by atoms with Crippen molar-refractivity contribution >= 4 is 21.8 Å². The number of amides is 2. The molecule has 2 saturated heterocycles. The predicted octanol–water partition coefficient (Wildman–Crippen LogP) is 0.763. The Morgan fingerprint density at radius 3 is 2.77 bits per heavy atom. The van der Waals surface area contributed by atoms with E-state index < -0.39 is 26.2 Å². The number of benzene rings is 1. The standard InChI is InChI=1S/C21H27FN4O4S/c1-14-17-6-11-26(14)19(27)15-4-5-16(22)18(12-15)31(29,30)24-9-3-2-7-21(20(28)25-17)8-10-23-13-21/h2-5,12,14,17,23-24H,6-11,13H2,1H3,(H,25,28)/b3-2+/t14-,17-,21?/m1/s1. The van der Waals surface area contributed by atoms with Gasteiger partial charge in [-0.15, -0.1) is 0 Å². The summed E-state index contributed by atoms with van der Waals surface area (Å²) >= 11 is 0. The summed E-state index contributed by atoms with van der Waals surface area (Å²) < 4.78 is 41.9. The summed E-state index contributed by atoms with van der Waals surface area (Å²) in [7, 11) is -4.14. The molecular weight excluding hydrogens is 423 g/mol. The molecule has 3 atom stereocenters. The molecule has 3 N–H and O–H groups in total. The van der Waals surface area contributed by atoms with Crippen LogP contribution in [0.2, 0.25) is 0 Å². The molecule has 2 amide bonds. The molecule has 2 fully saturated rings. The molecule has 8 nitrogen and oxygen atoms in total. The first-order valence-electron chi connectivity index (χ1n) is 10.5. The maximum atomic E-state index is 14.3. The highest BCUT2D eigenvalue weighted by atomic mass is 32.2. The number of allylic oxidation sites excluding steroid dienone is 1. The van der Waals surface area contributed by atoms with E-state index in [4.69, 9.17) is 0 Å². The van der Waals surface area contributed by atoms with Crippen molar-refractivity contribution < 1.29 is 22.4 Å². The molecule has 3 heterocycles. The molecule has 1 unspecified atom stereocenters. The fourth-order valence-corrected chi connectivity index (χ4v) is 5.66. The van der Waals surface area contributed by atoms with E-state index in [9.17, 15) is 22.4 Å². The Balaban J connectivity index is 1.71. The number of hydrogen-bond acceptors (Lipinski definition) is 5. The maximum Gasteiger partial charge on any atom is 0.254 e. The summed E-state index contributed by atoms with van der Waals surface area (Å²) in [6, 6.07) is 2.90. The summed E-state index contributed by atoms with van der Waals surface area (Å²) in [6.45, 7) is 3.51. The lowest BCUT2D eigenvalue weighted by molar-refractivity contribution is -0.130. The van der Waals surface area contributed by atoms with Crippen LogP contribution >= 0.6 is 0 Å². The van der Waals surface area contributed by atoms with Gasteiger partial charge in [0.15, 0.2) is 0 Å². The molecule has 31 heavy (non-hydrogen) atoms. The molecular formula is C21H27FN4O4S. The number of rotatable bonds is 0. The van der Waals surface area contributed by atoms with Crippen LogP contribution in [-0.2, 0) is 14.8 Å². The molecule has 4 rings (SSSR count). The quantitative estimate of drug-likeness (QED) is 0.506. The van der Waals surface area contributed by atoms with Crippen molar-refractivity contribution in [2.75, 3.05) is 26.2 Å². The average molecular weight is 451 g/mol. The van der Waals surface area contributed by atoms with Crippen molar-refractivity contribution in [3.63, 3.8) is 0 Å². The molecule has 168 valence electrons. The molecule has 0 aromatic heterocycles. The van der Waals surface area contributed by atoms with Crippen LogP contribution < -0.4 is 15.4 Å². The highest BCUT2D eigenvalue weighted by Gasteiger charge is 2.43. The number of carbonyl (C=O) groups excluding carboxylic acids is 2. The number of halogens is 1.